The Morgan fingerprint density at radius 3 is 2.71 bits per heavy atom. The highest BCUT2D eigenvalue weighted by molar-refractivity contribution is 7.09. The number of nitrogens with zero attached hydrogens (tertiary/aromatic N) is 3. The molecule has 112 valence electrons. The Hall–Kier alpha value is -1.46. The summed E-state index contributed by atoms with van der Waals surface area (Å²) in [6.07, 6.45) is 2.60. The predicted octanol–water partition coefficient (Wildman–Crippen LogP) is 3.21. The van der Waals surface area contributed by atoms with E-state index in [-0.39, 0.29) is 0 Å². The third-order valence-electron chi connectivity index (χ3n) is 3.68. The largest absolute Gasteiger partial charge is 0.348 e. The van der Waals surface area contributed by atoms with Crippen molar-refractivity contribution in [3.8, 4) is 0 Å². The number of hydrogen-bond donors (Lipinski definition) is 1. The van der Waals surface area contributed by atoms with Crippen LogP contribution in [-0.4, -0.2) is 22.3 Å². The van der Waals surface area contributed by atoms with Crippen molar-refractivity contribution >= 4 is 17.2 Å². The molecule has 0 saturated heterocycles. The zero-order chi connectivity index (χ0) is 14.7. The summed E-state index contributed by atoms with van der Waals surface area (Å²) in [6.45, 7) is 6.10. The highest BCUT2D eigenvalue weighted by Crippen LogP contribution is 2.21. The molecule has 1 saturated carbocycles. The van der Waals surface area contributed by atoms with E-state index in [9.17, 15) is 0 Å². The molecule has 0 aliphatic heterocycles. The molecule has 4 nitrogen and oxygen atoms in total. The van der Waals surface area contributed by atoms with E-state index in [1.807, 2.05) is 0 Å². The molecule has 2 aromatic rings. The number of thiophene rings is 1. The number of aromatic nitrogens is 2. The molecule has 0 unspecified atom stereocenters. The number of rotatable bonds is 7. The Balaban J connectivity index is 1.66. The van der Waals surface area contributed by atoms with Crippen LogP contribution in [0.2, 0.25) is 0 Å². The lowest BCUT2D eigenvalue weighted by atomic mass is 10.3. The molecular weight excluding hydrogens is 280 g/mol. The predicted molar refractivity (Wildman–Crippen MR) is 87.5 cm³/mol. The van der Waals surface area contributed by atoms with Gasteiger partial charge in [-0.3, -0.25) is 0 Å². The van der Waals surface area contributed by atoms with Crippen LogP contribution in [0, 0.1) is 0 Å². The molecule has 3 rings (SSSR count). The maximum Gasteiger partial charge on any atom is 0.151 e. The number of nitrogens with one attached hydrogen (secondary N) is 1. The molecular formula is C16H22N4S. The van der Waals surface area contributed by atoms with Gasteiger partial charge in [0.2, 0.25) is 0 Å². The van der Waals surface area contributed by atoms with Gasteiger partial charge in [0.15, 0.2) is 5.82 Å². The monoisotopic (exact) mass is 302 g/mol. The maximum absolute atomic E-state index is 4.42. The van der Waals surface area contributed by atoms with Gasteiger partial charge in [-0.05, 0) is 50.3 Å². The molecule has 1 aliphatic carbocycles. The molecule has 21 heavy (non-hydrogen) atoms. The van der Waals surface area contributed by atoms with Crippen LogP contribution in [0.4, 0.5) is 5.82 Å². The molecule has 2 heterocycles. The van der Waals surface area contributed by atoms with E-state index < -0.39 is 0 Å². The normalized spacial score (nSPS) is 14.6. The van der Waals surface area contributed by atoms with Gasteiger partial charge in [-0.2, -0.15) is 5.10 Å². The van der Waals surface area contributed by atoms with Crippen molar-refractivity contribution in [1.82, 2.24) is 15.5 Å². The molecule has 0 atom stereocenters. The lowest BCUT2D eigenvalue weighted by molar-refractivity contribution is 0.648. The molecule has 0 bridgehead atoms. The van der Waals surface area contributed by atoms with Gasteiger partial charge >= 0.3 is 0 Å². The average Bonchev–Trinajstić information content (AvgIpc) is 3.17. The van der Waals surface area contributed by atoms with Gasteiger partial charge in [0, 0.05) is 23.5 Å². The van der Waals surface area contributed by atoms with Crippen molar-refractivity contribution < 1.29 is 0 Å². The molecule has 1 fully saturated rings. The van der Waals surface area contributed by atoms with Crippen LogP contribution < -0.4 is 10.2 Å². The topological polar surface area (TPSA) is 41.0 Å². The summed E-state index contributed by atoms with van der Waals surface area (Å²) in [4.78, 5) is 3.64. The second-order valence-electron chi connectivity index (χ2n) is 5.84. The first-order chi connectivity index (χ1) is 10.2. The van der Waals surface area contributed by atoms with E-state index in [1.54, 1.807) is 11.3 Å². The Kier molecular flexibility index (Phi) is 4.51. The first-order valence-corrected chi connectivity index (χ1v) is 8.45. The molecule has 1 aliphatic rings. The standard InChI is InChI=1S/C16H22N4S/c1-12(2)20(11-15-4-3-9-21-15)16-8-7-14(18-19-16)10-17-13-5-6-13/h3-4,7-9,12-13,17H,5-6,10-11H2,1-2H3. The van der Waals surface area contributed by atoms with Crippen LogP contribution in [0.1, 0.15) is 37.3 Å². The number of hydrogen-bond acceptors (Lipinski definition) is 5. The molecule has 1 N–H and O–H groups in total. The van der Waals surface area contributed by atoms with E-state index in [4.69, 9.17) is 0 Å². The molecule has 0 aromatic carbocycles. The molecule has 2 aromatic heterocycles. The van der Waals surface area contributed by atoms with Crippen LogP contribution in [-0.2, 0) is 13.1 Å². The fourth-order valence-electron chi connectivity index (χ4n) is 2.24. The van der Waals surface area contributed by atoms with Gasteiger partial charge < -0.3 is 10.2 Å². The summed E-state index contributed by atoms with van der Waals surface area (Å²) in [7, 11) is 0. The van der Waals surface area contributed by atoms with Crippen LogP contribution in [0.3, 0.4) is 0 Å². The third-order valence-corrected chi connectivity index (χ3v) is 4.54. The van der Waals surface area contributed by atoms with Crippen molar-refractivity contribution in [1.29, 1.82) is 0 Å². The fourth-order valence-corrected chi connectivity index (χ4v) is 2.94. The van der Waals surface area contributed by atoms with Crippen molar-refractivity contribution in [3.05, 3.63) is 40.2 Å². The summed E-state index contributed by atoms with van der Waals surface area (Å²) < 4.78 is 0. The summed E-state index contributed by atoms with van der Waals surface area (Å²) in [5.74, 6) is 0.952. The van der Waals surface area contributed by atoms with Gasteiger partial charge in [0.05, 0.1) is 12.2 Å². The quantitative estimate of drug-likeness (QED) is 0.853. The molecule has 5 heteroatoms. The molecule has 0 spiro atoms. The average molecular weight is 302 g/mol. The second-order valence-corrected chi connectivity index (χ2v) is 6.87. The lowest BCUT2D eigenvalue weighted by Gasteiger charge is -2.26. The minimum Gasteiger partial charge on any atom is -0.348 e. The second kappa shape index (κ2) is 6.54. The van der Waals surface area contributed by atoms with Crippen LogP contribution in [0.25, 0.3) is 0 Å². The van der Waals surface area contributed by atoms with Gasteiger partial charge in [-0.1, -0.05) is 6.07 Å². The highest BCUT2D eigenvalue weighted by atomic mass is 32.1. The van der Waals surface area contributed by atoms with Crippen molar-refractivity contribution in [2.75, 3.05) is 4.90 Å². The van der Waals surface area contributed by atoms with E-state index in [2.05, 4.69) is 63.9 Å². The van der Waals surface area contributed by atoms with Gasteiger partial charge in [-0.25, -0.2) is 0 Å². The zero-order valence-electron chi connectivity index (χ0n) is 12.6. The van der Waals surface area contributed by atoms with Crippen molar-refractivity contribution in [2.24, 2.45) is 0 Å². The Morgan fingerprint density at radius 2 is 2.14 bits per heavy atom. The summed E-state index contributed by atoms with van der Waals surface area (Å²) >= 11 is 1.78. The summed E-state index contributed by atoms with van der Waals surface area (Å²) in [5, 5.41) is 14.4. The van der Waals surface area contributed by atoms with Crippen molar-refractivity contribution in [2.45, 2.75) is 51.9 Å². The van der Waals surface area contributed by atoms with Crippen molar-refractivity contribution in [3.63, 3.8) is 0 Å². The Bertz CT molecular complexity index is 546. The SMILES string of the molecule is CC(C)N(Cc1cccs1)c1ccc(CNC2CC2)nn1. The summed E-state index contributed by atoms with van der Waals surface area (Å²) in [6, 6.07) is 9.54. The molecule has 0 radical (unpaired) electrons. The maximum atomic E-state index is 4.42. The van der Waals surface area contributed by atoms with Gasteiger partial charge in [0.25, 0.3) is 0 Å². The van der Waals surface area contributed by atoms with Gasteiger partial charge in [-0.15, -0.1) is 16.4 Å². The zero-order valence-corrected chi connectivity index (χ0v) is 13.4. The molecule has 0 amide bonds. The smallest absolute Gasteiger partial charge is 0.151 e. The highest BCUT2D eigenvalue weighted by Gasteiger charge is 2.20. The minimum absolute atomic E-state index is 0.400. The Labute approximate surface area is 130 Å². The first kappa shape index (κ1) is 14.5. The van der Waals surface area contributed by atoms with Crippen LogP contribution >= 0.6 is 11.3 Å². The number of anilines is 1. The summed E-state index contributed by atoms with van der Waals surface area (Å²) in [5.41, 5.74) is 1.02. The van der Waals surface area contributed by atoms with E-state index in [0.29, 0.717) is 12.1 Å². The third kappa shape index (κ3) is 4.02. The lowest BCUT2D eigenvalue weighted by Crippen LogP contribution is -2.31. The minimum atomic E-state index is 0.400. The van der Waals surface area contributed by atoms with Crippen LogP contribution in [0.5, 0.6) is 0 Å². The van der Waals surface area contributed by atoms with E-state index in [0.717, 1.165) is 24.6 Å². The Morgan fingerprint density at radius 1 is 1.29 bits per heavy atom. The van der Waals surface area contributed by atoms with E-state index in [1.165, 1.54) is 17.7 Å². The van der Waals surface area contributed by atoms with Crippen LogP contribution in [0.15, 0.2) is 29.6 Å². The fraction of sp³-hybridized carbons (Fsp3) is 0.500. The first-order valence-electron chi connectivity index (χ1n) is 7.57. The van der Waals surface area contributed by atoms with E-state index >= 15 is 0 Å². The van der Waals surface area contributed by atoms with Gasteiger partial charge in [0.1, 0.15) is 0 Å².